The zero-order chi connectivity index (χ0) is 39.6. The van der Waals surface area contributed by atoms with Gasteiger partial charge in [0.05, 0.1) is 24.2 Å². The Morgan fingerprint density at radius 2 is 1.91 bits per heavy atom. The summed E-state index contributed by atoms with van der Waals surface area (Å²) in [6, 6.07) is 3.01. The van der Waals surface area contributed by atoms with Crippen LogP contribution >= 0.6 is 0 Å². The molecule has 1 aromatic carbocycles. The van der Waals surface area contributed by atoms with Gasteiger partial charge in [-0.05, 0) is 75.6 Å². The van der Waals surface area contributed by atoms with Crippen LogP contribution in [0.1, 0.15) is 89.2 Å². The predicted octanol–water partition coefficient (Wildman–Crippen LogP) is 1.65. The SMILES string of the molecule is COc1ccc2c3c1O[C@H]1C(OC(=O)N(C)CC(C)(C)CCC(=O)[C@@H](CCCN=C(N)N)NC(=O)CCC(=O)CC(=O)O)CC[C@@]4(O)[C@@H](C2)N(C)CC[C@]314. The zero-order valence-corrected chi connectivity index (χ0v) is 32.0. The van der Waals surface area contributed by atoms with E-state index < -0.39 is 64.9 Å². The Morgan fingerprint density at radius 1 is 1.17 bits per heavy atom. The number of likely N-dealkylation sites (N-methyl/N-ethyl adjacent to an activating group) is 1. The van der Waals surface area contributed by atoms with Gasteiger partial charge < -0.3 is 51.0 Å². The van der Waals surface area contributed by atoms with Crippen molar-refractivity contribution < 1.29 is 48.4 Å². The molecule has 2 bridgehead atoms. The van der Waals surface area contributed by atoms with Gasteiger partial charge in [0, 0.05) is 51.0 Å². The number of nitrogens with one attached hydrogen (secondary N) is 1. The highest BCUT2D eigenvalue weighted by molar-refractivity contribution is 5.96. The third-order valence-electron chi connectivity index (χ3n) is 11.8. The Bertz CT molecular complexity index is 1660. The number of carbonyl (C=O) groups excluding carboxylic acids is 4. The van der Waals surface area contributed by atoms with Crippen molar-refractivity contribution in [3.8, 4) is 11.5 Å². The summed E-state index contributed by atoms with van der Waals surface area (Å²) in [5.74, 6) is -1.49. The van der Waals surface area contributed by atoms with Crippen LogP contribution < -0.4 is 26.3 Å². The van der Waals surface area contributed by atoms with E-state index in [1.165, 1.54) is 4.90 Å². The molecule has 5 rings (SSSR count). The number of carboxylic acid groups (broad SMARTS) is 1. The molecule has 16 nitrogen and oxygen atoms in total. The second-order valence-corrected chi connectivity index (χ2v) is 16.1. The number of ether oxygens (including phenoxy) is 3. The molecular formula is C38H56N6O10. The van der Waals surface area contributed by atoms with Crippen molar-refractivity contribution in [1.29, 1.82) is 0 Å². The molecule has 1 spiro atoms. The standard InChI is InChI=1S/C38H56N6O10/c1-36(2,14-12-25(46)24(7-6-17-41-34(39)40)42-29(47)11-9-23(45)20-30(48)49)21-44(4)35(50)53-27-13-15-38(51)28-19-22-8-10-26(52-5)32-31(22)37(38,33(27)54-32)16-18-43(28)3/h8,10,24,27-28,33,51H,6-7,9,11-21H2,1-5H3,(H,42,47)(H,48,49)(H4,39,40,41)/t24-,27?,28-,33+,37+,38-/m1/s1. The number of aliphatic imine (C=N–C) groups is 1. The average Bonchev–Trinajstić information content (AvgIpc) is 3.46. The van der Waals surface area contributed by atoms with Crippen molar-refractivity contribution in [3.63, 3.8) is 0 Å². The largest absolute Gasteiger partial charge is 0.493 e. The first-order valence-electron chi connectivity index (χ1n) is 18.7. The first-order chi connectivity index (χ1) is 25.4. The molecule has 1 aromatic rings. The highest BCUT2D eigenvalue weighted by Gasteiger charge is 2.73. The predicted molar refractivity (Wildman–Crippen MR) is 197 cm³/mol. The van der Waals surface area contributed by atoms with Gasteiger partial charge in [0.1, 0.15) is 24.4 Å². The fourth-order valence-corrected chi connectivity index (χ4v) is 9.21. The summed E-state index contributed by atoms with van der Waals surface area (Å²) in [6.07, 6.45) is 0.483. The number of benzene rings is 1. The Morgan fingerprint density at radius 3 is 2.59 bits per heavy atom. The molecule has 54 heavy (non-hydrogen) atoms. The Labute approximate surface area is 315 Å². The molecule has 2 fully saturated rings. The van der Waals surface area contributed by atoms with E-state index in [0.29, 0.717) is 50.0 Å². The summed E-state index contributed by atoms with van der Waals surface area (Å²) < 4.78 is 18.6. The lowest BCUT2D eigenvalue weighted by Crippen LogP contribution is -2.76. The first-order valence-corrected chi connectivity index (χ1v) is 18.7. The molecule has 2 amide bonds. The molecule has 1 saturated heterocycles. The van der Waals surface area contributed by atoms with E-state index in [-0.39, 0.29) is 56.6 Å². The van der Waals surface area contributed by atoms with Crippen molar-refractivity contribution in [1.82, 2.24) is 15.1 Å². The van der Waals surface area contributed by atoms with E-state index in [9.17, 15) is 29.1 Å². The molecule has 2 aliphatic heterocycles. The number of aliphatic carboxylic acids is 1. The minimum atomic E-state index is -1.27. The van der Waals surface area contributed by atoms with Gasteiger partial charge in [-0.15, -0.1) is 0 Å². The maximum absolute atomic E-state index is 13.7. The lowest BCUT2D eigenvalue weighted by atomic mass is 9.48. The van der Waals surface area contributed by atoms with Crippen molar-refractivity contribution in [3.05, 3.63) is 23.3 Å². The maximum Gasteiger partial charge on any atom is 0.409 e. The highest BCUT2D eigenvalue weighted by Crippen LogP contribution is 2.65. The van der Waals surface area contributed by atoms with E-state index in [2.05, 4.69) is 21.3 Å². The molecule has 1 saturated carbocycles. The van der Waals surface area contributed by atoms with Crippen LogP contribution in [0, 0.1) is 5.41 Å². The number of carbonyl (C=O) groups is 5. The Kier molecular flexibility index (Phi) is 12.2. The molecule has 298 valence electrons. The zero-order valence-electron chi connectivity index (χ0n) is 32.0. The summed E-state index contributed by atoms with van der Waals surface area (Å²) in [5.41, 5.74) is 10.6. The number of Topliss-reactive ketones (excluding diaryl/α,β-unsaturated/α-hetero) is 2. The number of nitrogens with zero attached hydrogens (tertiary/aromatic N) is 3. The molecule has 4 aliphatic rings. The second kappa shape index (κ2) is 16.1. The van der Waals surface area contributed by atoms with Crippen LogP contribution in [0.2, 0.25) is 0 Å². The van der Waals surface area contributed by atoms with Gasteiger partial charge in [-0.2, -0.15) is 0 Å². The van der Waals surface area contributed by atoms with E-state index in [1.54, 1.807) is 14.2 Å². The molecule has 6 atom stereocenters. The van der Waals surface area contributed by atoms with Gasteiger partial charge in [0.15, 0.2) is 23.2 Å². The molecule has 0 aromatic heterocycles. The van der Waals surface area contributed by atoms with Gasteiger partial charge >= 0.3 is 12.1 Å². The Balaban J connectivity index is 1.21. The van der Waals surface area contributed by atoms with Crippen LogP contribution in [0.3, 0.4) is 0 Å². The number of carboxylic acids is 1. The summed E-state index contributed by atoms with van der Waals surface area (Å²) in [5, 5.41) is 24.0. The monoisotopic (exact) mass is 756 g/mol. The van der Waals surface area contributed by atoms with Crippen molar-refractivity contribution in [2.24, 2.45) is 21.9 Å². The number of likely N-dealkylation sites (tertiary alicyclic amines) is 1. The van der Waals surface area contributed by atoms with Gasteiger partial charge in [-0.3, -0.25) is 24.2 Å². The van der Waals surface area contributed by atoms with Gasteiger partial charge in [0.25, 0.3) is 0 Å². The summed E-state index contributed by atoms with van der Waals surface area (Å²) in [6.45, 7) is 5.17. The molecule has 7 N–H and O–H groups in total. The van der Waals surface area contributed by atoms with Crippen LogP contribution in [0.4, 0.5) is 4.79 Å². The van der Waals surface area contributed by atoms with E-state index in [0.717, 1.165) is 17.7 Å². The number of hydrogen-bond acceptors (Lipinski definition) is 11. The third-order valence-corrected chi connectivity index (χ3v) is 11.8. The second-order valence-electron chi connectivity index (χ2n) is 16.1. The van der Waals surface area contributed by atoms with E-state index in [4.69, 9.17) is 30.8 Å². The van der Waals surface area contributed by atoms with Gasteiger partial charge in [-0.25, -0.2) is 4.79 Å². The number of ketones is 2. The van der Waals surface area contributed by atoms with Crippen LogP contribution in [0.25, 0.3) is 0 Å². The minimum Gasteiger partial charge on any atom is -0.493 e. The van der Waals surface area contributed by atoms with Crippen LogP contribution in [-0.4, -0.2) is 126 Å². The Hall–Kier alpha value is -4.44. The molecular weight excluding hydrogens is 700 g/mol. The number of rotatable bonds is 18. The number of aliphatic hydroxyl groups is 1. The van der Waals surface area contributed by atoms with Crippen LogP contribution in [-0.2, 0) is 35.8 Å². The van der Waals surface area contributed by atoms with E-state index >= 15 is 0 Å². The molecule has 1 unspecified atom stereocenters. The van der Waals surface area contributed by atoms with Gasteiger partial charge in [-0.1, -0.05) is 19.9 Å². The number of hydrogen-bond donors (Lipinski definition) is 5. The quantitative estimate of drug-likeness (QED) is 0.0621. The number of guanidine groups is 1. The maximum atomic E-state index is 13.7. The van der Waals surface area contributed by atoms with Crippen LogP contribution in [0.5, 0.6) is 11.5 Å². The highest BCUT2D eigenvalue weighted by atomic mass is 16.6. The topological polar surface area (TPSA) is 236 Å². The molecule has 2 aliphatic carbocycles. The smallest absolute Gasteiger partial charge is 0.409 e. The number of amides is 2. The number of methoxy groups -OCH3 is 1. The summed E-state index contributed by atoms with van der Waals surface area (Å²) >= 11 is 0. The number of nitrogens with two attached hydrogens (primary N) is 2. The fraction of sp³-hybridized carbons (Fsp3) is 0.684. The molecule has 0 radical (unpaired) electrons. The average molecular weight is 757 g/mol. The molecule has 2 heterocycles. The minimum absolute atomic E-state index is 0.0902. The summed E-state index contributed by atoms with van der Waals surface area (Å²) in [4.78, 5) is 70.1. The van der Waals surface area contributed by atoms with Crippen molar-refractivity contribution in [2.45, 2.75) is 120 Å². The van der Waals surface area contributed by atoms with Gasteiger partial charge in [0.2, 0.25) is 5.91 Å². The van der Waals surface area contributed by atoms with E-state index in [1.807, 2.05) is 27.0 Å². The third kappa shape index (κ3) is 8.14. The fourth-order valence-electron chi connectivity index (χ4n) is 9.21. The molecule has 16 heteroatoms. The lowest BCUT2D eigenvalue weighted by Gasteiger charge is -2.63. The number of piperidine rings is 1. The van der Waals surface area contributed by atoms with Crippen molar-refractivity contribution in [2.75, 3.05) is 40.8 Å². The summed E-state index contributed by atoms with van der Waals surface area (Å²) in [7, 11) is 5.30. The normalized spacial score (nSPS) is 25.7. The first kappa shape index (κ1) is 40.7. The van der Waals surface area contributed by atoms with Crippen molar-refractivity contribution >= 4 is 35.5 Å². The van der Waals surface area contributed by atoms with Crippen LogP contribution in [0.15, 0.2) is 17.1 Å². The lowest BCUT2D eigenvalue weighted by molar-refractivity contribution is -0.204.